The van der Waals surface area contributed by atoms with E-state index in [2.05, 4.69) is 47.0 Å². The van der Waals surface area contributed by atoms with Crippen LogP contribution in [0.1, 0.15) is 29.8 Å². The zero-order valence-electron chi connectivity index (χ0n) is 16.7. The Morgan fingerprint density at radius 1 is 0.931 bits per heavy atom. The number of primary amides is 1. The molecule has 2 saturated heterocycles. The van der Waals surface area contributed by atoms with Gasteiger partial charge in [-0.3, -0.25) is 4.79 Å². The number of anilines is 4. The van der Waals surface area contributed by atoms with Crippen molar-refractivity contribution in [2.24, 2.45) is 5.73 Å². The quantitative estimate of drug-likeness (QED) is 0.757. The van der Waals surface area contributed by atoms with Gasteiger partial charge in [-0.05, 0) is 26.3 Å². The van der Waals surface area contributed by atoms with E-state index in [1.54, 1.807) is 18.6 Å². The topological polar surface area (TPSA) is 116 Å². The zero-order chi connectivity index (χ0) is 20.2. The van der Waals surface area contributed by atoms with Crippen molar-refractivity contribution in [3.8, 4) is 0 Å². The number of aromatic nitrogens is 4. The lowest BCUT2D eigenvalue weighted by Crippen LogP contribution is -2.45. The van der Waals surface area contributed by atoms with E-state index in [-0.39, 0.29) is 5.69 Å². The third-order valence-electron chi connectivity index (χ3n) is 5.36. The van der Waals surface area contributed by atoms with Gasteiger partial charge in [-0.2, -0.15) is 0 Å². The fraction of sp³-hybridized carbons (Fsp3) is 0.526. The van der Waals surface area contributed by atoms with Gasteiger partial charge in [0.25, 0.3) is 5.91 Å². The first-order valence-corrected chi connectivity index (χ1v) is 10.0. The highest BCUT2D eigenvalue weighted by Gasteiger charge is 2.19. The highest BCUT2D eigenvalue weighted by molar-refractivity contribution is 5.96. The highest BCUT2D eigenvalue weighted by atomic mass is 16.1. The molecule has 154 valence electrons. The normalized spacial score (nSPS) is 18.0. The van der Waals surface area contributed by atoms with Gasteiger partial charge < -0.3 is 25.8 Å². The number of nitrogens with zero attached hydrogens (tertiary/aromatic N) is 7. The molecule has 10 nitrogen and oxygen atoms in total. The van der Waals surface area contributed by atoms with Crippen molar-refractivity contribution in [1.29, 1.82) is 0 Å². The van der Waals surface area contributed by atoms with Crippen LogP contribution in [-0.2, 0) is 0 Å². The Labute approximate surface area is 170 Å². The average molecular weight is 397 g/mol. The number of piperazine rings is 1. The second-order valence-corrected chi connectivity index (χ2v) is 7.52. The molecule has 3 N–H and O–H groups in total. The van der Waals surface area contributed by atoms with Crippen LogP contribution in [0.3, 0.4) is 0 Å². The van der Waals surface area contributed by atoms with Gasteiger partial charge in [-0.25, -0.2) is 19.9 Å². The predicted molar refractivity (Wildman–Crippen MR) is 112 cm³/mol. The van der Waals surface area contributed by atoms with E-state index in [1.807, 2.05) is 0 Å². The molecule has 2 aromatic rings. The summed E-state index contributed by atoms with van der Waals surface area (Å²) in [5.74, 6) is 1.15. The van der Waals surface area contributed by atoms with Gasteiger partial charge in [0.2, 0.25) is 5.95 Å². The molecule has 0 spiro atoms. The van der Waals surface area contributed by atoms with Crippen LogP contribution in [0.2, 0.25) is 0 Å². The SMILES string of the molecule is CN1CCN(c2ncc(Nc3nc(N4CCCCC4)cnc3C(N)=O)cn2)CC1. The smallest absolute Gasteiger partial charge is 0.271 e. The van der Waals surface area contributed by atoms with E-state index in [9.17, 15) is 4.79 Å². The summed E-state index contributed by atoms with van der Waals surface area (Å²) in [4.78, 5) is 36.2. The Kier molecular flexibility index (Phi) is 5.70. The monoisotopic (exact) mass is 397 g/mol. The fourth-order valence-electron chi connectivity index (χ4n) is 3.61. The van der Waals surface area contributed by atoms with Crippen LogP contribution in [0.5, 0.6) is 0 Å². The van der Waals surface area contributed by atoms with Crippen LogP contribution in [-0.4, -0.2) is 77.1 Å². The van der Waals surface area contributed by atoms with Crippen LogP contribution in [0.25, 0.3) is 0 Å². The van der Waals surface area contributed by atoms with Crippen molar-refractivity contribution in [2.75, 3.05) is 61.4 Å². The number of carbonyl (C=O) groups is 1. The molecule has 29 heavy (non-hydrogen) atoms. The first kappa shape index (κ1) is 19.3. The predicted octanol–water partition coefficient (Wildman–Crippen LogP) is 0.851. The van der Waals surface area contributed by atoms with Crippen molar-refractivity contribution in [1.82, 2.24) is 24.8 Å². The summed E-state index contributed by atoms with van der Waals surface area (Å²) in [5, 5.41) is 3.12. The zero-order valence-corrected chi connectivity index (χ0v) is 16.7. The summed E-state index contributed by atoms with van der Waals surface area (Å²) in [6, 6.07) is 0. The number of carbonyl (C=O) groups excluding carboxylic acids is 1. The lowest BCUT2D eigenvalue weighted by molar-refractivity contribution is 0.0996. The van der Waals surface area contributed by atoms with Crippen LogP contribution in [0.15, 0.2) is 18.6 Å². The molecular formula is C19H27N9O. The van der Waals surface area contributed by atoms with E-state index in [4.69, 9.17) is 5.73 Å². The highest BCUT2D eigenvalue weighted by Crippen LogP contribution is 2.23. The number of rotatable bonds is 5. The van der Waals surface area contributed by atoms with Gasteiger partial charge in [0, 0.05) is 39.3 Å². The van der Waals surface area contributed by atoms with Crippen molar-refractivity contribution < 1.29 is 4.79 Å². The van der Waals surface area contributed by atoms with Crippen molar-refractivity contribution in [2.45, 2.75) is 19.3 Å². The molecule has 2 fully saturated rings. The van der Waals surface area contributed by atoms with Gasteiger partial charge in [0.15, 0.2) is 11.5 Å². The molecule has 2 aliphatic heterocycles. The van der Waals surface area contributed by atoms with E-state index in [0.717, 1.165) is 57.9 Å². The maximum atomic E-state index is 11.8. The van der Waals surface area contributed by atoms with E-state index < -0.39 is 5.91 Å². The van der Waals surface area contributed by atoms with E-state index in [0.29, 0.717) is 17.5 Å². The van der Waals surface area contributed by atoms with Crippen molar-refractivity contribution in [3.05, 3.63) is 24.3 Å². The van der Waals surface area contributed by atoms with E-state index >= 15 is 0 Å². The first-order chi connectivity index (χ1) is 14.1. The van der Waals surface area contributed by atoms with Gasteiger partial charge in [-0.15, -0.1) is 0 Å². The molecule has 0 radical (unpaired) electrons. The number of amides is 1. The van der Waals surface area contributed by atoms with Gasteiger partial charge in [0.1, 0.15) is 5.82 Å². The molecular weight excluding hydrogens is 370 g/mol. The fourth-order valence-corrected chi connectivity index (χ4v) is 3.61. The lowest BCUT2D eigenvalue weighted by atomic mass is 10.1. The Balaban J connectivity index is 1.52. The molecule has 0 saturated carbocycles. The van der Waals surface area contributed by atoms with Crippen LogP contribution in [0, 0.1) is 0 Å². The Morgan fingerprint density at radius 3 is 2.28 bits per heavy atom. The standard InChI is InChI=1S/C19H27N9O/c1-26-7-9-28(10-8-26)19-22-11-14(12-23-19)24-18-16(17(20)29)21-13-15(25-18)27-5-3-2-4-6-27/h11-13H,2-10H2,1H3,(H2,20,29)(H,24,25). The average Bonchev–Trinajstić information content (AvgIpc) is 2.75. The molecule has 0 atom stereocenters. The minimum Gasteiger partial charge on any atom is -0.364 e. The molecule has 0 bridgehead atoms. The van der Waals surface area contributed by atoms with Crippen LogP contribution in [0.4, 0.5) is 23.3 Å². The molecule has 0 unspecified atom stereocenters. The molecule has 4 heterocycles. The lowest BCUT2D eigenvalue weighted by Gasteiger charge is -2.32. The molecule has 2 aliphatic rings. The number of likely N-dealkylation sites (N-methyl/N-ethyl adjacent to an activating group) is 1. The second kappa shape index (κ2) is 8.56. The number of piperidine rings is 1. The largest absolute Gasteiger partial charge is 0.364 e. The number of hydrogen-bond acceptors (Lipinski definition) is 9. The molecule has 2 aromatic heterocycles. The third-order valence-corrected chi connectivity index (χ3v) is 5.36. The molecule has 10 heteroatoms. The number of nitrogens with two attached hydrogens (primary N) is 1. The summed E-state index contributed by atoms with van der Waals surface area (Å²) in [7, 11) is 2.11. The Hall–Kier alpha value is -3.01. The van der Waals surface area contributed by atoms with Crippen molar-refractivity contribution in [3.63, 3.8) is 0 Å². The molecule has 0 aromatic carbocycles. The van der Waals surface area contributed by atoms with Crippen LogP contribution < -0.4 is 20.9 Å². The summed E-state index contributed by atoms with van der Waals surface area (Å²) in [6.45, 7) is 5.66. The maximum absolute atomic E-state index is 11.8. The van der Waals surface area contributed by atoms with Crippen molar-refractivity contribution >= 4 is 29.2 Å². The summed E-state index contributed by atoms with van der Waals surface area (Å²) in [6.07, 6.45) is 8.49. The van der Waals surface area contributed by atoms with Gasteiger partial charge >= 0.3 is 0 Å². The van der Waals surface area contributed by atoms with Gasteiger partial charge in [-0.1, -0.05) is 0 Å². The minimum atomic E-state index is -0.625. The molecule has 4 rings (SSSR count). The Bertz CT molecular complexity index is 843. The molecule has 1 amide bonds. The summed E-state index contributed by atoms with van der Waals surface area (Å²) in [5.41, 5.74) is 6.23. The number of hydrogen-bond donors (Lipinski definition) is 2. The third kappa shape index (κ3) is 4.53. The summed E-state index contributed by atoms with van der Waals surface area (Å²) < 4.78 is 0. The molecule has 0 aliphatic carbocycles. The Morgan fingerprint density at radius 2 is 1.62 bits per heavy atom. The number of nitrogens with one attached hydrogen (secondary N) is 1. The second-order valence-electron chi connectivity index (χ2n) is 7.52. The van der Waals surface area contributed by atoms with Gasteiger partial charge in [0.05, 0.1) is 24.3 Å². The first-order valence-electron chi connectivity index (χ1n) is 10.0. The maximum Gasteiger partial charge on any atom is 0.271 e. The van der Waals surface area contributed by atoms with E-state index in [1.165, 1.54) is 6.42 Å². The summed E-state index contributed by atoms with van der Waals surface area (Å²) >= 11 is 0. The van der Waals surface area contributed by atoms with Crippen LogP contribution >= 0.6 is 0 Å². The minimum absolute atomic E-state index is 0.105.